The molecule has 1 aliphatic rings. The van der Waals surface area contributed by atoms with E-state index in [0.717, 1.165) is 4.90 Å². The fourth-order valence-corrected chi connectivity index (χ4v) is 2.49. The maximum Gasteiger partial charge on any atom is 0.268 e. The highest BCUT2D eigenvalue weighted by Gasteiger charge is 2.48. The van der Waals surface area contributed by atoms with Crippen molar-refractivity contribution in [2.75, 3.05) is 6.54 Å². The van der Waals surface area contributed by atoms with Crippen LogP contribution in [0.15, 0.2) is 18.3 Å². The zero-order valence-electron chi connectivity index (χ0n) is 13.0. The number of nitrogens with two attached hydrogens (primary N) is 1. The van der Waals surface area contributed by atoms with Crippen LogP contribution >= 0.6 is 0 Å². The molecule has 2 atom stereocenters. The predicted molar refractivity (Wildman–Crippen MR) is 79.7 cm³/mol. The van der Waals surface area contributed by atoms with Crippen molar-refractivity contribution in [2.45, 2.75) is 37.9 Å². The van der Waals surface area contributed by atoms with Gasteiger partial charge in [-0.05, 0) is 19.1 Å². The Balaban J connectivity index is 2.06. The van der Waals surface area contributed by atoms with E-state index in [-0.39, 0.29) is 12.1 Å². The van der Waals surface area contributed by atoms with E-state index in [4.69, 9.17) is 11.0 Å². The van der Waals surface area contributed by atoms with Gasteiger partial charge in [0.05, 0.1) is 18.3 Å². The molecule has 1 fully saturated rings. The Bertz CT molecular complexity index is 689. The van der Waals surface area contributed by atoms with Crippen LogP contribution in [0.3, 0.4) is 0 Å². The molecule has 128 valence electrons. The predicted octanol–water partition coefficient (Wildman–Crippen LogP) is 0.418. The van der Waals surface area contributed by atoms with Gasteiger partial charge < -0.3 is 16.0 Å². The van der Waals surface area contributed by atoms with Gasteiger partial charge in [0.2, 0.25) is 5.91 Å². The highest BCUT2D eigenvalue weighted by atomic mass is 19.3. The molecule has 2 rings (SSSR count). The van der Waals surface area contributed by atoms with Crippen molar-refractivity contribution in [2.24, 2.45) is 5.73 Å². The van der Waals surface area contributed by atoms with Crippen LogP contribution in [0.4, 0.5) is 8.78 Å². The van der Waals surface area contributed by atoms with Gasteiger partial charge in [0.1, 0.15) is 12.1 Å². The molecule has 3 N–H and O–H groups in total. The maximum absolute atomic E-state index is 13.4. The minimum absolute atomic E-state index is 0.155. The van der Waals surface area contributed by atoms with E-state index >= 15 is 0 Å². The fourth-order valence-electron chi connectivity index (χ4n) is 2.49. The summed E-state index contributed by atoms with van der Waals surface area (Å²) in [6, 6.07) is 2.39. The number of nitrogens with one attached hydrogen (secondary N) is 1. The molecule has 2 unspecified atom stereocenters. The van der Waals surface area contributed by atoms with E-state index in [1.54, 1.807) is 6.07 Å². The molecule has 2 amide bonds. The number of hydrogen-bond donors (Lipinski definition) is 2. The van der Waals surface area contributed by atoms with Gasteiger partial charge in [-0.15, -0.1) is 0 Å². The van der Waals surface area contributed by atoms with E-state index in [2.05, 4.69) is 10.3 Å². The molecule has 0 radical (unpaired) electrons. The summed E-state index contributed by atoms with van der Waals surface area (Å²) in [5.41, 5.74) is 6.21. The topological polar surface area (TPSA) is 112 Å². The standard InChI is InChI=1S/C15H17F2N5O2/c1-9(14(24)22-8-15(16,17)5-12(22)7-19)21-13(23)10-2-3-20-11(4-10)6-18/h2-4,9,12H,5-6,8,18H2,1H3,(H,21,23). The second-order valence-corrected chi connectivity index (χ2v) is 5.61. The summed E-state index contributed by atoms with van der Waals surface area (Å²) in [7, 11) is 0. The molecule has 1 saturated heterocycles. The third-order valence-corrected chi connectivity index (χ3v) is 3.71. The van der Waals surface area contributed by atoms with Crippen LogP contribution in [-0.2, 0) is 11.3 Å². The smallest absolute Gasteiger partial charge is 0.268 e. The Morgan fingerprint density at radius 3 is 2.96 bits per heavy atom. The molecule has 7 nitrogen and oxygen atoms in total. The first kappa shape index (κ1) is 17.7. The van der Waals surface area contributed by atoms with Crippen LogP contribution in [0.5, 0.6) is 0 Å². The van der Waals surface area contributed by atoms with Crippen LogP contribution in [0, 0.1) is 11.3 Å². The van der Waals surface area contributed by atoms with E-state index in [1.807, 2.05) is 0 Å². The quantitative estimate of drug-likeness (QED) is 0.827. The number of aromatic nitrogens is 1. The molecule has 24 heavy (non-hydrogen) atoms. The number of carbonyl (C=O) groups excluding carboxylic acids is 2. The number of nitriles is 1. The number of nitrogens with zero attached hydrogens (tertiary/aromatic N) is 3. The van der Waals surface area contributed by atoms with Gasteiger partial charge in [-0.1, -0.05) is 0 Å². The molecule has 2 heterocycles. The summed E-state index contributed by atoms with van der Waals surface area (Å²) in [6.45, 7) is 0.718. The van der Waals surface area contributed by atoms with Crippen LogP contribution in [0.2, 0.25) is 0 Å². The number of halogens is 2. The number of carbonyl (C=O) groups is 2. The Labute approximate surface area is 137 Å². The average Bonchev–Trinajstić information content (AvgIpc) is 2.88. The molecule has 0 saturated carbocycles. The van der Waals surface area contributed by atoms with E-state index < -0.39 is 42.8 Å². The van der Waals surface area contributed by atoms with Crippen LogP contribution < -0.4 is 11.1 Å². The lowest BCUT2D eigenvalue weighted by Crippen LogP contribution is -2.48. The number of alkyl halides is 2. The molecular weight excluding hydrogens is 320 g/mol. The summed E-state index contributed by atoms with van der Waals surface area (Å²) in [5, 5.41) is 11.4. The molecule has 1 aromatic heterocycles. The lowest BCUT2D eigenvalue weighted by atomic mass is 10.2. The van der Waals surface area contributed by atoms with Crippen molar-refractivity contribution < 1.29 is 18.4 Å². The number of likely N-dealkylation sites (tertiary alicyclic amines) is 1. The fraction of sp³-hybridized carbons (Fsp3) is 0.467. The van der Waals surface area contributed by atoms with Crippen molar-refractivity contribution in [1.82, 2.24) is 15.2 Å². The van der Waals surface area contributed by atoms with Crippen molar-refractivity contribution in [3.8, 4) is 6.07 Å². The van der Waals surface area contributed by atoms with Crippen molar-refractivity contribution in [1.29, 1.82) is 5.26 Å². The lowest BCUT2D eigenvalue weighted by molar-refractivity contribution is -0.134. The zero-order valence-corrected chi connectivity index (χ0v) is 13.0. The largest absolute Gasteiger partial charge is 0.341 e. The number of pyridine rings is 1. The van der Waals surface area contributed by atoms with Crippen molar-refractivity contribution >= 4 is 11.8 Å². The summed E-state index contributed by atoms with van der Waals surface area (Å²) in [4.78, 5) is 29.2. The Kier molecular flexibility index (Phi) is 5.09. The Morgan fingerprint density at radius 1 is 1.62 bits per heavy atom. The first-order valence-electron chi connectivity index (χ1n) is 7.31. The monoisotopic (exact) mass is 337 g/mol. The maximum atomic E-state index is 13.4. The van der Waals surface area contributed by atoms with Gasteiger partial charge in [0, 0.05) is 24.7 Å². The van der Waals surface area contributed by atoms with Crippen molar-refractivity contribution in [3.63, 3.8) is 0 Å². The minimum Gasteiger partial charge on any atom is -0.341 e. The van der Waals surface area contributed by atoms with E-state index in [9.17, 15) is 18.4 Å². The molecule has 1 aromatic rings. The molecule has 0 bridgehead atoms. The van der Waals surface area contributed by atoms with Crippen LogP contribution in [0.1, 0.15) is 29.4 Å². The second kappa shape index (κ2) is 6.88. The third kappa shape index (κ3) is 3.83. The minimum atomic E-state index is -3.10. The molecule has 9 heteroatoms. The van der Waals surface area contributed by atoms with Gasteiger partial charge in [0.15, 0.2) is 0 Å². The normalized spacial score (nSPS) is 20.3. The highest BCUT2D eigenvalue weighted by molar-refractivity contribution is 5.97. The highest BCUT2D eigenvalue weighted by Crippen LogP contribution is 2.32. The summed E-state index contributed by atoms with van der Waals surface area (Å²) in [5.74, 6) is -4.37. The van der Waals surface area contributed by atoms with E-state index in [0.29, 0.717) is 5.69 Å². The van der Waals surface area contributed by atoms with Gasteiger partial charge in [0.25, 0.3) is 11.8 Å². The first-order chi connectivity index (χ1) is 11.3. The van der Waals surface area contributed by atoms with Gasteiger partial charge >= 0.3 is 0 Å². The molecule has 0 aromatic carbocycles. The van der Waals surface area contributed by atoms with Crippen molar-refractivity contribution in [3.05, 3.63) is 29.6 Å². The number of rotatable bonds is 4. The zero-order chi connectivity index (χ0) is 17.9. The first-order valence-corrected chi connectivity index (χ1v) is 7.31. The Hall–Kier alpha value is -2.60. The SMILES string of the molecule is CC(NC(=O)c1ccnc(CN)c1)C(=O)N1CC(F)(F)CC1C#N. The van der Waals surface area contributed by atoms with Gasteiger partial charge in [-0.25, -0.2) is 8.78 Å². The number of amides is 2. The molecule has 0 aliphatic carbocycles. The average molecular weight is 337 g/mol. The van der Waals surface area contributed by atoms with Gasteiger partial charge in [-0.3, -0.25) is 14.6 Å². The van der Waals surface area contributed by atoms with E-state index in [1.165, 1.54) is 25.3 Å². The summed E-state index contributed by atoms with van der Waals surface area (Å²) >= 11 is 0. The second-order valence-electron chi connectivity index (χ2n) is 5.61. The van der Waals surface area contributed by atoms with Gasteiger partial charge in [-0.2, -0.15) is 5.26 Å². The molecule has 1 aliphatic heterocycles. The van der Waals surface area contributed by atoms with Crippen LogP contribution in [0.25, 0.3) is 0 Å². The van der Waals surface area contributed by atoms with Crippen LogP contribution in [-0.4, -0.2) is 46.2 Å². The molecule has 0 spiro atoms. The lowest BCUT2D eigenvalue weighted by Gasteiger charge is -2.23. The summed E-state index contributed by atoms with van der Waals surface area (Å²) < 4.78 is 26.8. The third-order valence-electron chi connectivity index (χ3n) is 3.71. The Morgan fingerprint density at radius 2 is 2.33 bits per heavy atom. The molecular formula is C15H17F2N5O2. The number of hydrogen-bond acceptors (Lipinski definition) is 5. The summed E-state index contributed by atoms with van der Waals surface area (Å²) in [6.07, 6.45) is 0.719.